The zero-order chi connectivity index (χ0) is 10.7. The molecule has 0 heterocycles. The van der Waals surface area contributed by atoms with Gasteiger partial charge in [-0.1, -0.05) is 0 Å². The van der Waals surface area contributed by atoms with Crippen LogP contribution in [0.5, 0.6) is 0 Å². The van der Waals surface area contributed by atoms with Crippen LogP contribution >= 0.6 is 12.2 Å². The molecule has 3 heteroatoms. The van der Waals surface area contributed by atoms with E-state index in [4.69, 9.17) is 12.2 Å². The molecule has 0 spiro atoms. The average Bonchev–Trinajstić information content (AvgIpc) is 2.01. The Hall–Kier alpha value is 0.448. The molecule has 1 aliphatic carbocycles. The molecule has 0 radical (unpaired) electrons. The van der Waals surface area contributed by atoms with Crippen molar-refractivity contribution >= 4 is 32.8 Å². The Morgan fingerprint density at radius 2 is 2.07 bits per heavy atom. The van der Waals surface area contributed by atoms with E-state index in [9.17, 15) is 0 Å². The maximum atomic E-state index is 5.17. The second kappa shape index (κ2) is 5.51. The summed E-state index contributed by atoms with van der Waals surface area (Å²) in [5.74, 6) is 2.46. The molecule has 0 aromatic heterocycles. The predicted octanol–water partition coefficient (Wildman–Crippen LogP) is 1.95. The number of thiocarbonyl (C=S) groups is 1. The summed E-state index contributed by atoms with van der Waals surface area (Å²) in [6, 6.07) is 0.637. The molecule has 0 bridgehead atoms. The summed E-state index contributed by atoms with van der Waals surface area (Å²) in [6.07, 6.45) is 4.06. The molecule has 1 aliphatic rings. The first-order valence-corrected chi connectivity index (χ1v) is 7.18. The summed E-state index contributed by atoms with van der Waals surface area (Å²) in [5, 5.41) is 3.50. The Bertz CT molecular complexity index is 205. The Balaban J connectivity index is 2.58. The third-order valence-corrected chi connectivity index (χ3v) is 3.82. The minimum atomic E-state index is 0.637. The maximum absolute atomic E-state index is 5.17. The molecule has 1 N–H and O–H groups in total. The molecule has 4 atom stereocenters. The minimum absolute atomic E-state index is 0.637. The van der Waals surface area contributed by atoms with Crippen molar-refractivity contribution in [1.82, 2.24) is 5.32 Å². The number of nitrogens with one attached hydrogen (secondary N) is 1. The Labute approximate surface area is 102 Å². The van der Waals surface area contributed by atoms with Crippen molar-refractivity contribution in [3.63, 3.8) is 0 Å². The second-order valence-electron chi connectivity index (χ2n) is 4.94. The van der Waals surface area contributed by atoms with E-state index < -0.39 is 0 Å². The van der Waals surface area contributed by atoms with E-state index in [1.165, 1.54) is 19.3 Å². The summed E-state index contributed by atoms with van der Waals surface area (Å²) in [5.41, 5.74) is 0. The van der Waals surface area contributed by atoms with Crippen molar-refractivity contribution in [1.29, 1.82) is 0 Å². The molecule has 0 aliphatic heterocycles. The van der Waals surface area contributed by atoms with E-state index in [0.29, 0.717) is 6.04 Å². The van der Waals surface area contributed by atoms with Crippen molar-refractivity contribution in [2.24, 2.45) is 17.8 Å². The first kappa shape index (κ1) is 12.5. The van der Waals surface area contributed by atoms with E-state index in [1.54, 1.807) is 16.9 Å². The zero-order valence-electron chi connectivity index (χ0n) is 9.42. The van der Waals surface area contributed by atoms with Gasteiger partial charge in [0.25, 0.3) is 0 Å². The van der Waals surface area contributed by atoms with Crippen molar-refractivity contribution in [2.45, 2.75) is 46.1 Å². The van der Waals surface area contributed by atoms with Gasteiger partial charge in [0.05, 0.1) is 0 Å². The van der Waals surface area contributed by atoms with E-state index in [1.807, 2.05) is 0 Å². The molecule has 1 saturated carbocycles. The van der Waals surface area contributed by atoms with E-state index in [0.717, 1.165) is 21.5 Å². The van der Waals surface area contributed by atoms with Crippen LogP contribution in [-0.2, 0) is 0 Å². The van der Waals surface area contributed by atoms with Gasteiger partial charge in [-0.3, -0.25) is 0 Å². The third-order valence-electron chi connectivity index (χ3n) is 3.35. The molecular weight excluding hydrogens is 253 g/mol. The summed E-state index contributed by atoms with van der Waals surface area (Å²) in [4.78, 5) is 0. The second-order valence-corrected chi connectivity index (χ2v) is 7.47. The van der Waals surface area contributed by atoms with Crippen LogP contribution in [0.4, 0.5) is 0 Å². The van der Waals surface area contributed by atoms with E-state index in [2.05, 4.69) is 26.1 Å². The fraction of sp³-hybridized carbons (Fsp3) is 0.909. The SMILES string of the molecule is CC(C)[C@@H]1CC[C@@H](C)C[C@@H]1NC(=S)[AsH2]. The summed E-state index contributed by atoms with van der Waals surface area (Å²) < 4.78 is 1.02. The van der Waals surface area contributed by atoms with E-state index in [-0.39, 0.29) is 0 Å². The first-order chi connectivity index (χ1) is 6.50. The summed E-state index contributed by atoms with van der Waals surface area (Å²) >= 11 is 6.72. The van der Waals surface area contributed by atoms with Crippen LogP contribution in [0, 0.1) is 17.8 Å². The van der Waals surface area contributed by atoms with Gasteiger partial charge < -0.3 is 0 Å². The van der Waals surface area contributed by atoms with Crippen molar-refractivity contribution in [2.75, 3.05) is 0 Å². The van der Waals surface area contributed by atoms with Crippen molar-refractivity contribution in [3.8, 4) is 0 Å². The quantitative estimate of drug-likeness (QED) is 0.611. The van der Waals surface area contributed by atoms with Gasteiger partial charge in [-0.05, 0) is 0 Å². The molecule has 1 rings (SSSR count). The number of hydrogen-bond donors (Lipinski definition) is 1. The molecule has 82 valence electrons. The number of hydrogen-bond acceptors (Lipinski definition) is 1. The van der Waals surface area contributed by atoms with Gasteiger partial charge in [-0.2, -0.15) is 0 Å². The van der Waals surface area contributed by atoms with Crippen LogP contribution in [0.15, 0.2) is 0 Å². The van der Waals surface area contributed by atoms with Gasteiger partial charge >= 0.3 is 102 Å². The van der Waals surface area contributed by atoms with Crippen LogP contribution in [0.3, 0.4) is 0 Å². The van der Waals surface area contributed by atoms with Crippen LogP contribution in [0.25, 0.3) is 0 Å². The molecule has 14 heavy (non-hydrogen) atoms. The molecule has 1 nitrogen and oxygen atoms in total. The van der Waals surface area contributed by atoms with Gasteiger partial charge in [0.2, 0.25) is 0 Å². The fourth-order valence-electron chi connectivity index (χ4n) is 2.55. The van der Waals surface area contributed by atoms with Crippen molar-refractivity contribution in [3.05, 3.63) is 0 Å². The van der Waals surface area contributed by atoms with Gasteiger partial charge in [0, 0.05) is 0 Å². The molecular formula is C11H22AsNS. The van der Waals surface area contributed by atoms with Crippen LogP contribution in [0.2, 0.25) is 0 Å². The average molecular weight is 275 g/mol. The molecule has 0 saturated heterocycles. The van der Waals surface area contributed by atoms with Crippen LogP contribution < -0.4 is 5.32 Å². The van der Waals surface area contributed by atoms with Gasteiger partial charge in [0.15, 0.2) is 0 Å². The Kier molecular flexibility index (Phi) is 4.93. The normalized spacial score (nSPS) is 33.1. The van der Waals surface area contributed by atoms with E-state index >= 15 is 0 Å². The standard InChI is InChI=1S/C11H22AsNS/c1-7(2)9-5-4-8(3)6-10(9)13-11(12)14/h7-10H,4-6,12H2,1-3H3,(H,13,14)/t8-,9+,10+/m1/s1. The van der Waals surface area contributed by atoms with Crippen molar-refractivity contribution < 1.29 is 0 Å². The molecule has 1 unspecified atom stereocenters. The number of rotatable bonds is 2. The summed E-state index contributed by atoms with van der Waals surface area (Å²) in [6.45, 7) is 7.02. The van der Waals surface area contributed by atoms with Gasteiger partial charge in [-0.15, -0.1) is 0 Å². The summed E-state index contributed by atoms with van der Waals surface area (Å²) in [7, 11) is 0. The van der Waals surface area contributed by atoms with Gasteiger partial charge in [0.1, 0.15) is 0 Å². The Morgan fingerprint density at radius 3 is 2.57 bits per heavy atom. The molecule has 1 fully saturated rings. The zero-order valence-corrected chi connectivity index (χ0v) is 12.7. The first-order valence-electron chi connectivity index (χ1n) is 5.56. The predicted molar refractivity (Wildman–Crippen MR) is 69.4 cm³/mol. The fourth-order valence-corrected chi connectivity index (χ4v) is 3.15. The monoisotopic (exact) mass is 275 g/mol. The molecule has 0 aromatic carbocycles. The van der Waals surface area contributed by atoms with Crippen LogP contribution in [0.1, 0.15) is 40.0 Å². The molecule has 0 aromatic rings. The third kappa shape index (κ3) is 3.55. The topological polar surface area (TPSA) is 12.0 Å². The van der Waals surface area contributed by atoms with Gasteiger partial charge in [-0.25, -0.2) is 0 Å². The molecule has 0 amide bonds. The Morgan fingerprint density at radius 1 is 1.43 bits per heavy atom. The van der Waals surface area contributed by atoms with Crippen LogP contribution in [-0.4, -0.2) is 26.7 Å².